The monoisotopic (exact) mass is 293 g/mol. The molecule has 6 heteroatoms. The summed E-state index contributed by atoms with van der Waals surface area (Å²) >= 11 is 6.20. The third-order valence-corrected chi connectivity index (χ3v) is 3.37. The molecule has 0 fully saturated rings. The number of anilines is 1. The smallest absolute Gasteiger partial charge is 0.137 e. The van der Waals surface area contributed by atoms with E-state index in [4.69, 9.17) is 11.6 Å². The van der Waals surface area contributed by atoms with Gasteiger partial charge in [0.25, 0.3) is 0 Å². The molecule has 0 bridgehead atoms. The Morgan fingerprint density at radius 2 is 2.05 bits per heavy atom. The number of aromatic amines is 1. The summed E-state index contributed by atoms with van der Waals surface area (Å²) in [6.45, 7) is 8.90. The van der Waals surface area contributed by atoms with Crippen LogP contribution in [0.4, 0.5) is 5.82 Å². The van der Waals surface area contributed by atoms with Gasteiger partial charge in [0.15, 0.2) is 0 Å². The topological polar surface area (TPSA) is 66.5 Å². The van der Waals surface area contributed by atoms with Crippen molar-refractivity contribution in [2.45, 2.75) is 39.5 Å². The average molecular weight is 294 g/mol. The van der Waals surface area contributed by atoms with Gasteiger partial charge in [0, 0.05) is 35.8 Å². The highest BCUT2D eigenvalue weighted by Crippen LogP contribution is 2.25. The van der Waals surface area contributed by atoms with Crippen molar-refractivity contribution in [2.24, 2.45) is 0 Å². The summed E-state index contributed by atoms with van der Waals surface area (Å²) in [6.07, 6.45) is 4.35. The molecule has 0 aliphatic heterocycles. The predicted octanol–water partition coefficient (Wildman–Crippen LogP) is 3.11. The molecule has 2 heterocycles. The summed E-state index contributed by atoms with van der Waals surface area (Å²) in [7, 11) is 0. The van der Waals surface area contributed by atoms with Crippen LogP contribution in [0.25, 0.3) is 0 Å². The third kappa shape index (κ3) is 3.48. The van der Waals surface area contributed by atoms with Crippen LogP contribution in [0.3, 0.4) is 0 Å². The number of imidazole rings is 1. The van der Waals surface area contributed by atoms with E-state index in [-0.39, 0.29) is 5.41 Å². The van der Waals surface area contributed by atoms with Crippen LogP contribution in [0, 0.1) is 6.92 Å². The number of H-pyrrole nitrogens is 1. The zero-order valence-corrected chi connectivity index (χ0v) is 13.0. The Morgan fingerprint density at radius 1 is 1.30 bits per heavy atom. The van der Waals surface area contributed by atoms with Crippen LogP contribution < -0.4 is 5.32 Å². The molecule has 0 unspecified atom stereocenters. The molecule has 2 N–H and O–H groups in total. The van der Waals surface area contributed by atoms with Crippen molar-refractivity contribution in [3.8, 4) is 0 Å². The molecular formula is C14H20ClN5. The van der Waals surface area contributed by atoms with Gasteiger partial charge >= 0.3 is 0 Å². The van der Waals surface area contributed by atoms with Crippen molar-refractivity contribution < 1.29 is 0 Å². The maximum Gasteiger partial charge on any atom is 0.137 e. The first kappa shape index (κ1) is 14.8. The molecule has 0 amide bonds. The number of nitrogens with zero attached hydrogens (tertiary/aromatic N) is 3. The molecule has 0 radical (unpaired) electrons. The van der Waals surface area contributed by atoms with E-state index in [0.29, 0.717) is 5.15 Å². The van der Waals surface area contributed by atoms with Crippen molar-refractivity contribution in [2.75, 3.05) is 11.9 Å². The predicted molar refractivity (Wildman–Crippen MR) is 81.3 cm³/mol. The first-order valence-corrected chi connectivity index (χ1v) is 7.01. The minimum Gasteiger partial charge on any atom is -0.369 e. The lowest BCUT2D eigenvalue weighted by molar-refractivity contribution is 0.545. The van der Waals surface area contributed by atoms with Crippen LogP contribution in [0.1, 0.15) is 37.9 Å². The van der Waals surface area contributed by atoms with Crippen molar-refractivity contribution in [1.82, 2.24) is 19.9 Å². The van der Waals surface area contributed by atoms with Crippen molar-refractivity contribution in [3.63, 3.8) is 0 Å². The lowest BCUT2D eigenvalue weighted by Crippen LogP contribution is -2.19. The lowest BCUT2D eigenvalue weighted by Gasteiger charge is -2.19. The number of hydrogen-bond donors (Lipinski definition) is 2. The van der Waals surface area contributed by atoms with E-state index >= 15 is 0 Å². The molecular weight excluding hydrogens is 274 g/mol. The van der Waals surface area contributed by atoms with Gasteiger partial charge in [-0.1, -0.05) is 32.4 Å². The third-order valence-electron chi connectivity index (χ3n) is 3.00. The summed E-state index contributed by atoms with van der Waals surface area (Å²) in [5.74, 6) is 1.55. The Morgan fingerprint density at radius 3 is 2.65 bits per heavy atom. The molecule has 0 saturated heterocycles. The molecule has 5 nitrogen and oxygen atoms in total. The molecule has 0 aliphatic rings. The lowest BCUT2D eigenvalue weighted by atomic mass is 9.95. The van der Waals surface area contributed by atoms with E-state index in [1.54, 1.807) is 6.33 Å². The Balaban J connectivity index is 2.12. The summed E-state index contributed by atoms with van der Waals surface area (Å²) in [5.41, 5.74) is 1.84. The number of hydrogen-bond acceptors (Lipinski definition) is 4. The van der Waals surface area contributed by atoms with Gasteiger partial charge in [0.2, 0.25) is 0 Å². The molecule has 2 aromatic heterocycles. The number of rotatable bonds is 4. The SMILES string of the molecule is Cc1c(Cl)nc(C(C)(C)C)nc1NCCc1cnc[nH]1. The first-order valence-electron chi connectivity index (χ1n) is 6.63. The van der Waals surface area contributed by atoms with E-state index in [1.165, 1.54) is 0 Å². The highest BCUT2D eigenvalue weighted by Gasteiger charge is 2.20. The fourth-order valence-electron chi connectivity index (χ4n) is 1.73. The van der Waals surface area contributed by atoms with Crippen molar-refractivity contribution >= 4 is 17.4 Å². The second kappa shape index (κ2) is 5.79. The molecule has 0 aliphatic carbocycles. The van der Waals surface area contributed by atoms with Crippen LogP contribution in [-0.4, -0.2) is 26.5 Å². The molecule has 20 heavy (non-hydrogen) atoms. The molecule has 0 spiro atoms. The van der Waals surface area contributed by atoms with Crippen LogP contribution in [-0.2, 0) is 11.8 Å². The van der Waals surface area contributed by atoms with E-state index in [9.17, 15) is 0 Å². The zero-order chi connectivity index (χ0) is 14.8. The highest BCUT2D eigenvalue weighted by atomic mass is 35.5. The highest BCUT2D eigenvalue weighted by molar-refractivity contribution is 6.30. The van der Waals surface area contributed by atoms with Gasteiger partial charge < -0.3 is 10.3 Å². The Kier molecular flexibility index (Phi) is 4.28. The molecule has 0 aromatic carbocycles. The maximum atomic E-state index is 6.20. The van der Waals surface area contributed by atoms with Crippen LogP contribution in [0.2, 0.25) is 5.15 Å². The van der Waals surface area contributed by atoms with Gasteiger partial charge in [-0.2, -0.15) is 0 Å². The number of halogens is 1. The Bertz CT molecular complexity index is 572. The minimum atomic E-state index is -0.128. The van der Waals surface area contributed by atoms with Crippen molar-refractivity contribution in [1.29, 1.82) is 0 Å². The van der Waals surface area contributed by atoms with E-state index < -0.39 is 0 Å². The Hall–Kier alpha value is -1.62. The van der Waals surface area contributed by atoms with Gasteiger partial charge in [-0.25, -0.2) is 15.0 Å². The number of nitrogens with one attached hydrogen (secondary N) is 2. The van der Waals surface area contributed by atoms with Crippen LogP contribution in [0.15, 0.2) is 12.5 Å². The zero-order valence-electron chi connectivity index (χ0n) is 12.3. The van der Waals surface area contributed by atoms with Gasteiger partial charge in [0.1, 0.15) is 16.8 Å². The Labute approximate surface area is 124 Å². The fraction of sp³-hybridized carbons (Fsp3) is 0.500. The van der Waals surface area contributed by atoms with E-state index in [2.05, 4.69) is 46.0 Å². The van der Waals surface area contributed by atoms with Gasteiger partial charge in [-0.15, -0.1) is 0 Å². The average Bonchev–Trinajstić information content (AvgIpc) is 2.86. The molecule has 2 aromatic rings. The number of aromatic nitrogens is 4. The largest absolute Gasteiger partial charge is 0.369 e. The second-order valence-corrected chi connectivity index (χ2v) is 6.17. The van der Waals surface area contributed by atoms with Crippen LogP contribution >= 0.6 is 11.6 Å². The summed E-state index contributed by atoms with van der Waals surface area (Å²) < 4.78 is 0. The maximum absolute atomic E-state index is 6.20. The summed E-state index contributed by atoms with van der Waals surface area (Å²) in [6, 6.07) is 0. The second-order valence-electron chi connectivity index (χ2n) is 5.82. The van der Waals surface area contributed by atoms with Crippen LogP contribution in [0.5, 0.6) is 0 Å². The quantitative estimate of drug-likeness (QED) is 0.850. The van der Waals surface area contributed by atoms with Gasteiger partial charge in [0.05, 0.1) is 6.33 Å². The van der Waals surface area contributed by atoms with E-state index in [0.717, 1.165) is 35.9 Å². The summed E-state index contributed by atoms with van der Waals surface area (Å²) in [5, 5.41) is 3.83. The van der Waals surface area contributed by atoms with Gasteiger partial charge in [-0.3, -0.25) is 0 Å². The normalized spacial score (nSPS) is 11.7. The fourth-order valence-corrected chi connectivity index (χ4v) is 1.90. The molecule has 0 saturated carbocycles. The first-order chi connectivity index (χ1) is 9.38. The molecule has 0 atom stereocenters. The molecule has 108 valence electrons. The van der Waals surface area contributed by atoms with Crippen molar-refractivity contribution in [3.05, 3.63) is 34.8 Å². The minimum absolute atomic E-state index is 0.128. The van der Waals surface area contributed by atoms with Gasteiger partial charge in [-0.05, 0) is 6.92 Å². The van der Waals surface area contributed by atoms with E-state index in [1.807, 2.05) is 13.1 Å². The summed E-state index contributed by atoms with van der Waals surface area (Å²) in [4.78, 5) is 16.0. The standard InChI is InChI=1S/C14H20ClN5/c1-9-11(15)19-13(14(2,3)4)20-12(9)17-6-5-10-7-16-8-18-10/h7-8H,5-6H2,1-4H3,(H,16,18)(H,17,19,20). The molecule has 2 rings (SSSR count).